The summed E-state index contributed by atoms with van der Waals surface area (Å²) in [5, 5.41) is 9.10. The number of rotatable bonds is 5. The van der Waals surface area contributed by atoms with Gasteiger partial charge < -0.3 is 10.6 Å². The Kier molecular flexibility index (Phi) is 7.54. The first-order chi connectivity index (χ1) is 14.9. The molecule has 156 valence electrons. The van der Waals surface area contributed by atoms with Gasteiger partial charge in [0.25, 0.3) is 5.91 Å². The molecule has 0 unspecified atom stereocenters. The van der Waals surface area contributed by atoms with Crippen molar-refractivity contribution in [3.8, 4) is 0 Å². The van der Waals surface area contributed by atoms with Crippen molar-refractivity contribution in [2.45, 2.75) is 6.92 Å². The smallest absolute Gasteiger partial charge is 0.255 e. The maximum atomic E-state index is 12.5. The van der Waals surface area contributed by atoms with Gasteiger partial charge in [0.2, 0.25) is 5.91 Å². The lowest BCUT2D eigenvalue weighted by Gasteiger charge is -2.10. The van der Waals surface area contributed by atoms with Crippen LogP contribution in [-0.4, -0.2) is 16.9 Å². The minimum Gasteiger partial charge on any atom is -0.332 e. The van der Waals surface area contributed by atoms with E-state index in [4.69, 9.17) is 23.8 Å². The normalized spacial score (nSPS) is 10.5. The molecule has 0 aliphatic heterocycles. The predicted octanol–water partition coefficient (Wildman–Crippen LogP) is 5.43. The van der Waals surface area contributed by atoms with Gasteiger partial charge in [-0.05, 0) is 78.8 Å². The van der Waals surface area contributed by atoms with Crippen LogP contribution in [0.2, 0.25) is 5.02 Å². The summed E-state index contributed by atoms with van der Waals surface area (Å²) in [5.74, 6) is -0.615. The predicted molar refractivity (Wildman–Crippen MR) is 130 cm³/mol. The number of carbonyl (C=O) groups is 2. The van der Waals surface area contributed by atoms with E-state index >= 15 is 0 Å². The molecule has 0 aromatic heterocycles. The van der Waals surface area contributed by atoms with Crippen molar-refractivity contribution in [1.29, 1.82) is 0 Å². The van der Waals surface area contributed by atoms with E-state index in [-0.39, 0.29) is 16.9 Å². The van der Waals surface area contributed by atoms with Crippen LogP contribution in [0.5, 0.6) is 0 Å². The summed E-state index contributed by atoms with van der Waals surface area (Å²) in [5.41, 5.74) is 3.66. The van der Waals surface area contributed by atoms with E-state index < -0.39 is 0 Å². The van der Waals surface area contributed by atoms with Gasteiger partial charge in [-0.2, -0.15) is 0 Å². The number of aryl methyl sites for hydroxylation is 1. The Bertz CT molecular complexity index is 1140. The van der Waals surface area contributed by atoms with Crippen molar-refractivity contribution in [3.05, 3.63) is 101 Å². The highest BCUT2D eigenvalue weighted by Crippen LogP contribution is 2.15. The van der Waals surface area contributed by atoms with Gasteiger partial charge in [-0.25, -0.2) is 0 Å². The molecular weight excluding hydrogens is 430 g/mol. The minimum absolute atomic E-state index is 0.127. The molecular formula is C24H20ClN3O2S. The highest BCUT2D eigenvalue weighted by Gasteiger charge is 2.08. The first kappa shape index (κ1) is 22.2. The Morgan fingerprint density at radius 1 is 0.903 bits per heavy atom. The Hall–Kier alpha value is -3.48. The Labute approximate surface area is 191 Å². The van der Waals surface area contributed by atoms with Crippen LogP contribution in [0.25, 0.3) is 6.08 Å². The van der Waals surface area contributed by atoms with E-state index in [2.05, 4.69) is 16.0 Å². The molecule has 0 radical (unpaired) electrons. The number of anilines is 2. The van der Waals surface area contributed by atoms with Crippen molar-refractivity contribution in [2.75, 3.05) is 10.6 Å². The lowest BCUT2D eigenvalue weighted by Crippen LogP contribution is -2.32. The number of amides is 2. The van der Waals surface area contributed by atoms with Crippen molar-refractivity contribution >= 4 is 58.2 Å². The van der Waals surface area contributed by atoms with Crippen LogP contribution in [0.3, 0.4) is 0 Å². The fourth-order valence-electron chi connectivity index (χ4n) is 2.73. The second-order valence-corrected chi connectivity index (χ2v) is 7.58. The molecule has 3 rings (SSSR count). The fourth-order valence-corrected chi connectivity index (χ4v) is 3.07. The van der Waals surface area contributed by atoms with Crippen LogP contribution in [0, 0.1) is 6.92 Å². The Morgan fingerprint density at radius 2 is 1.58 bits per heavy atom. The first-order valence-corrected chi connectivity index (χ1v) is 10.2. The summed E-state index contributed by atoms with van der Waals surface area (Å²) in [6.07, 6.45) is 3.04. The molecule has 0 atom stereocenters. The van der Waals surface area contributed by atoms with Crippen LogP contribution in [-0.2, 0) is 4.79 Å². The minimum atomic E-state index is -0.374. The first-order valence-electron chi connectivity index (χ1n) is 9.43. The van der Waals surface area contributed by atoms with Gasteiger partial charge in [-0.3, -0.25) is 14.9 Å². The summed E-state index contributed by atoms with van der Waals surface area (Å²) in [4.78, 5) is 24.6. The highest BCUT2D eigenvalue weighted by molar-refractivity contribution is 7.80. The van der Waals surface area contributed by atoms with Gasteiger partial charge in [0.1, 0.15) is 0 Å². The summed E-state index contributed by atoms with van der Waals surface area (Å²) in [7, 11) is 0. The van der Waals surface area contributed by atoms with Gasteiger partial charge in [0, 0.05) is 28.0 Å². The van der Waals surface area contributed by atoms with E-state index in [0.717, 1.165) is 16.8 Å². The van der Waals surface area contributed by atoms with Gasteiger partial charge in [0.05, 0.1) is 0 Å². The number of hydrogen-bond donors (Lipinski definition) is 3. The van der Waals surface area contributed by atoms with Crippen LogP contribution >= 0.6 is 23.8 Å². The van der Waals surface area contributed by atoms with Crippen LogP contribution < -0.4 is 16.0 Å². The molecule has 3 aromatic carbocycles. The van der Waals surface area contributed by atoms with Crippen molar-refractivity contribution in [2.24, 2.45) is 0 Å². The van der Waals surface area contributed by atoms with Crippen LogP contribution in [0.1, 0.15) is 21.5 Å². The maximum Gasteiger partial charge on any atom is 0.255 e. The number of thiocarbonyl (C=S) groups is 1. The summed E-state index contributed by atoms with van der Waals surface area (Å²) in [6.45, 7) is 1.96. The molecule has 3 N–H and O–H groups in total. The number of hydrogen-bond acceptors (Lipinski definition) is 3. The zero-order chi connectivity index (χ0) is 22.2. The molecule has 0 aliphatic carbocycles. The molecule has 0 fully saturated rings. The van der Waals surface area contributed by atoms with E-state index in [1.807, 2.05) is 31.2 Å². The highest BCUT2D eigenvalue weighted by atomic mass is 35.5. The number of carbonyl (C=O) groups excluding carboxylic acids is 2. The van der Waals surface area contributed by atoms with E-state index in [0.29, 0.717) is 16.3 Å². The second kappa shape index (κ2) is 10.5. The van der Waals surface area contributed by atoms with Gasteiger partial charge in [0.15, 0.2) is 5.11 Å². The molecule has 31 heavy (non-hydrogen) atoms. The third-order valence-corrected chi connectivity index (χ3v) is 4.65. The van der Waals surface area contributed by atoms with Gasteiger partial charge in [-0.15, -0.1) is 0 Å². The number of nitrogens with one attached hydrogen (secondary N) is 3. The third kappa shape index (κ3) is 7.06. The van der Waals surface area contributed by atoms with Crippen LogP contribution in [0.4, 0.5) is 11.4 Å². The van der Waals surface area contributed by atoms with Crippen molar-refractivity contribution < 1.29 is 9.59 Å². The summed E-state index contributed by atoms with van der Waals surface area (Å²) < 4.78 is 0. The second-order valence-electron chi connectivity index (χ2n) is 6.73. The van der Waals surface area contributed by atoms with E-state index in [9.17, 15) is 9.59 Å². The number of benzene rings is 3. The van der Waals surface area contributed by atoms with Gasteiger partial charge >= 0.3 is 0 Å². The van der Waals surface area contributed by atoms with E-state index in [1.54, 1.807) is 54.6 Å². The van der Waals surface area contributed by atoms with E-state index in [1.165, 1.54) is 6.08 Å². The molecule has 0 heterocycles. The van der Waals surface area contributed by atoms with Gasteiger partial charge in [-0.1, -0.05) is 41.9 Å². The quantitative estimate of drug-likeness (QED) is 0.359. The molecule has 7 heteroatoms. The van der Waals surface area contributed by atoms with Crippen molar-refractivity contribution in [3.63, 3.8) is 0 Å². The summed E-state index contributed by atoms with van der Waals surface area (Å²) in [6, 6.07) is 21.5. The molecule has 2 amide bonds. The monoisotopic (exact) mass is 449 g/mol. The molecule has 3 aromatic rings. The molecule has 5 nitrogen and oxygen atoms in total. The molecule has 0 saturated heterocycles. The lowest BCUT2D eigenvalue weighted by atomic mass is 10.1. The largest absolute Gasteiger partial charge is 0.332 e. The van der Waals surface area contributed by atoms with Crippen LogP contribution in [0.15, 0.2) is 78.9 Å². The standard InChI is InChI=1S/C24H20ClN3O2S/c1-16-4-2-6-20(14-16)26-23(30)18-5-3-7-21(15-18)27-24(31)28-22(29)13-10-17-8-11-19(25)12-9-17/h2-15H,1H3,(H,26,30)(H2,27,28,29,31)/b13-10+. The number of halogens is 1. The molecule has 0 aliphatic rings. The Balaban J connectivity index is 1.57. The average molecular weight is 450 g/mol. The zero-order valence-corrected chi connectivity index (χ0v) is 18.3. The Morgan fingerprint density at radius 3 is 2.29 bits per heavy atom. The van der Waals surface area contributed by atoms with Crippen molar-refractivity contribution in [1.82, 2.24) is 5.32 Å². The third-order valence-electron chi connectivity index (χ3n) is 4.19. The SMILES string of the molecule is Cc1cccc(NC(=O)c2cccc(NC(=S)NC(=O)/C=C/c3ccc(Cl)cc3)c2)c1. The fraction of sp³-hybridized carbons (Fsp3) is 0.0417. The lowest BCUT2D eigenvalue weighted by molar-refractivity contribution is -0.115. The molecule has 0 saturated carbocycles. The zero-order valence-electron chi connectivity index (χ0n) is 16.7. The topological polar surface area (TPSA) is 70.2 Å². The maximum absolute atomic E-state index is 12.5. The molecule has 0 bridgehead atoms. The molecule has 0 spiro atoms. The average Bonchev–Trinajstić information content (AvgIpc) is 2.73. The summed E-state index contributed by atoms with van der Waals surface area (Å²) >= 11 is 11.0.